The van der Waals surface area contributed by atoms with Gasteiger partial charge in [0.25, 0.3) is 5.78 Å². The molecule has 1 atom stereocenters. The van der Waals surface area contributed by atoms with Crippen LogP contribution in [0.4, 0.5) is 5.82 Å². The van der Waals surface area contributed by atoms with E-state index in [4.69, 9.17) is 0 Å². The van der Waals surface area contributed by atoms with Crippen LogP contribution in [0.1, 0.15) is 36.7 Å². The van der Waals surface area contributed by atoms with Gasteiger partial charge in [-0.2, -0.15) is 14.6 Å². The molecule has 1 unspecified atom stereocenters. The first kappa shape index (κ1) is 13.2. The maximum atomic E-state index is 4.54. The van der Waals surface area contributed by atoms with E-state index in [1.807, 2.05) is 4.52 Å². The van der Waals surface area contributed by atoms with Gasteiger partial charge < -0.3 is 4.90 Å². The van der Waals surface area contributed by atoms with Gasteiger partial charge in [-0.1, -0.05) is 31.2 Å². The van der Waals surface area contributed by atoms with Crippen molar-refractivity contribution in [2.45, 2.75) is 32.7 Å². The van der Waals surface area contributed by atoms with E-state index < -0.39 is 0 Å². The summed E-state index contributed by atoms with van der Waals surface area (Å²) in [6.45, 7) is 5.36. The Labute approximate surface area is 129 Å². The van der Waals surface area contributed by atoms with Gasteiger partial charge in [-0.15, -0.1) is 0 Å². The minimum absolute atomic E-state index is 0.324. The number of hydrogen-bond donors (Lipinski definition) is 0. The van der Waals surface area contributed by atoms with Crippen molar-refractivity contribution in [1.82, 2.24) is 19.6 Å². The van der Waals surface area contributed by atoms with E-state index in [1.165, 1.54) is 11.1 Å². The predicted molar refractivity (Wildman–Crippen MR) is 86.1 cm³/mol. The van der Waals surface area contributed by atoms with E-state index in [0.29, 0.717) is 11.8 Å². The van der Waals surface area contributed by atoms with Gasteiger partial charge in [0.2, 0.25) is 0 Å². The smallest absolute Gasteiger partial charge is 0.254 e. The van der Waals surface area contributed by atoms with Crippen molar-refractivity contribution in [3.63, 3.8) is 0 Å². The van der Waals surface area contributed by atoms with Gasteiger partial charge in [0.15, 0.2) is 0 Å². The molecule has 0 aliphatic carbocycles. The minimum atomic E-state index is 0.324. The number of aryl methyl sites for hydroxylation is 1. The molecule has 1 aromatic carbocycles. The summed E-state index contributed by atoms with van der Waals surface area (Å²) in [5, 5.41) is 4.36. The monoisotopic (exact) mass is 293 g/mol. The molecule has 1 aliphatic rings. The number of fused-ring (bicyclic) bond motifs is 2. The Balaban J connectivity index is 1.84. The molecular weight excluding hydrogens is 274 g/mol. The van der Waals surface area contributed by atoms with Crippen molar-refractivity contribution < 1.29 is 0 Å². The van der Waals surface area contributed by atoms with Crippen molar-refractivity contribution in [2.24, 2.45) is 0 Å². The average Bonchev–Trinajstić information content (AvgIpc) is 3.03. The zero-order valence-electron chi connectivity index (χ0n) is 12.9. The Hall–Kier alpha value is -2.43. The lowest BCUT2D eigenvalue weighted by atomic mass is 9.93. The molecule has 5 nitrogen and oxygen atoms in total. The number of benzene rings is 1. The summed E-state index contributed by atoms with van der Waals surface area (Å²) in [4.78, 5) is 11.2. The van der Waals surface area contributed by atoms with Gasteiger partial charge in [0, 0.05) is 18.3 Å². The first-order valence-corrected chi connectivity index (χ1v) is 7.82. The molecule has 1 aliphatic heterocycles. The van der Waals surface area contributed by atoms with Crippen LogP contribution in [0, 0.1) is 0 Å². The number of hydrogen-bond acceptors (Lipinski definition) is 4. The number of aromatic nitrogens is 4. The Kier molecular flexibility index (Phi) is 3.06. The van der Waals surface area contributed by atoms with E-state index in [0.717, 1.165) is 30.9 Å². The Morgan fingerprint density at radius 3 is 3.00 bits per heavy atom. The van der Waals surface area contributed by atoms with E-state index in [2.05, 4.69) is 64.1 Å². The van der Waals surface area contributed by atoms with Crippen LogP contribution in [0.3, 0.4) is 0 Å². The predicted octanol–water partition coefficient (Wildman–Crippen LogP) is 2.81. The van der Waals surface area contributed by atoms with E-state index in [1.54, 1.807) is 6.33 Å². The van der Waals surface area contributed by atoms with Crippen LogP contribution >= 0.6 is 0 Å². The fourth-order valence-electron chi connectivity index (χ4n) is 3.31. The summed E-state index contributed by atoms with van der Waals surface area (Å²) in [5.41, 5.74) is 3.91. The summed E-state index contributed by atoms with van der Waals surface area (Å²) >= 11 is 0. The summed E-state index contributed by atoms with van der Waals surface area (Å²) in [6, 6.07) is 11.2. The second-order valence-electron chi connectivity index (χ2n) is 5.75. The normalized spacial score (nSPS) is 17.7. The third kappa shape index (κ3) is 1.96. The zero-order chi connectivity index (χ0) is 15.1. The first-order valence-electron chi connectivity index (χ1n) is 7.82. The third-order valence-electron chi connectivity index (χ3n) is 4.54. The van der Waals surface area contributed by atoms with Crippen LogP contribution in [-0.2, 0) is 12.8 Å². The minimum Gasteiger partial charge on any atom is -0.349 e. The Morgan fingerprint density at radius 2 is 2.14 bits per heavy atom. The number of nitrogens with zero attached hydrogens (tertiary/aromatic N) is 5. The maximum absolute atomic E-state index is 4.54. The quantitative estimate of drug-likeness (QED) is 0.729. The van der Waals surface area contributed by atoms with E-state index >= 15 is 0 Å². The van der Waals surface area contributed by atoms with Gasteiger partial charge in [-0.25, -0.2) is 4.98 Å². The molecular formula is C17H19N5. The standard InChI is InChI=1S/C17H19N5/c1-3-14-10-16(22-17(20-14)18-11-19-22)21-9-8-13-6-4-5-7-15(13)12(21)2/h4-7,10-12H,3,8-9H2,1-2H3. The van der Waals surface area contributed by atoms with Crippen LogP contribution < -0.4 is 4.90 Å². The summed E-state index contributed by atoms with van der Waals surface area (Å²) in [5.74, 6) is 1.77. The fourth-order valence-corrected chi connectivity index (χ4v) is 3.31. The zero-order valence-corrected chi connectivity index (χ0v) is 12.9. The van der Waals surface area contributed by atoms with Crippen molar-refractivity contribution in [2.75, 3.05) is 11.4 Å². The van der Waals surface area contributed by atoms with Crippen molar-refractivity contribution in [3.05, 3.63) is 53.5 Å². The lowest BCUT2D eigenvalue weighted by molar-refractivity contribution is 0.606. The van der Waals surface area contributed by atoms with Gasteiger partial charge in [-0.3, -0.25) is 0 Å². The third-order valence-corrected chi connectivity index (χ3v) is 4.54. The summed E-state index contributed by atoms with van der Waals surface area (Å²) in [7, 11) is 0. The molecule has 5 heteroatoms. The molecule has 0 bridgehead atoms. The van der Waals surface area contributed by atoms with Crippen LogP contribution in [0.25, 0.3) is 5.78 Å². The number of anilines is 1. The van der Waals surface area contributed by atoms with Crippen molar-refractivity contribution >= 4 is 11.6 Å². The Bertz CT molecular complexity index is 823. The van der Waals surface area contributed by atoms with Crippen LogP contribution in [-0.4, -0.2) is 26.1 Å². The van der Waals surface area contributed by atoms with E-state index in [-0.39, 0.29) is 0 Å². The highest BCUT2D eigenvalue weighted by atomic mass is 15.4. The molecule has 0 saturated heterocycles. The van der Waals surface area contributed by atoms with Crippen LogP contribution in [0.15, 0.2) is 36.7 Å². The van der Waals surface area contributed by atoms with Gasteiger partial charge >= 0.3 is 0 Å². The van der Waals surface area contributed by atoms with Crippen molar-refractivity contribution in [3.8, 4) is 0 Å². The molecule has 0 N–H and O–H groups in total. The molecule has 3 heterocycles. The molecule has 0 radical (unpaired) electrons. The lowest BCUT2D eigenvalue weighted by Gasteiger charge is -2.36. The average molecular weight is 293 g/mol. The molecule has 0 fully saturated rings. The van der Waals surface area contributed by atoms with Gasteiger partial charge in [0.1, 0.15) is 12.1 Å². The van der Waals surface area contributed by atoms with Gasteiger partial charge in [-0.05, 0) is 30.9 Å². The van der Waals surface area contributed by atoms with Crippen LogP contribution in [0.2, 0.25) is 0 Å². The molecule has 0 spiro atoms. The molecule has 0 amide bonds. The van der Waals surface area contributed by atoms with E-state index in [9.17, 15) is 0 Å². The second kappa shape index (κ2) is 5.09. The molecule has 22 heavy (non-hydrogen) atoms. The fraction of sp³-hybridized carbons (Fsp3) is 0.353. The maximum Gasteiger partial charge on any atom is 0.254 e. The summed E-state index contributed by atoms with van der Waals surface area (Å²) in [6.07, 6.45) is 3.53. The largest absolute Gasteiger partial charge is 0.349 e. The van der Waals surface area contributed by atoms with Gasteiger partial charge in [0.05, 0.1) is 6.04 Å². The van der Waals surface area contributed by atoms with Crippen molar-refractivity contribution in [1.29, 1.82) is 0 Å². The number of rotatable bonds is 2. The molecule has 4 rings (SSSR count). The molecule has 3 aromatic rings. The highest BCUT2D eigenvalue weighted by Gasteiger charge is 2.26. The Morgan fingerprint density at radius 1 is 1.27 bits per heavy atom. The topological polar surface area (TPSA) is 46.3 Å². The molecule has 2 aromatic heterocycles. The molecule has 0 saturated carbocycles. The van der Waals surface area contributed by atoms with Crippen LogP contribution in [0.5, 0.6) is 0 Å². The summed E-state index contributed by atoms with van der Waals surface area (Å²) < 4.78 is 1.85. The highest BCUT2D eigenvalue weighted by Crippen LogP contribution is 2.33. The molecule has 112 valence electrons. The second-order valence-corrected chi connectivity index (χ2v) is 5.75. The SMILES string of the molecule is CCc1cc(N2CCc3ccccc3C2C)n2ncnc2n1. The highest BCUT2D eigenvalue weighted by molar-refractivity contribution is 5.52. The first-order chi connectivity index (χ1) is 10.8. The lowest BCUT2D eigenvalue weighted by Crippen LogP contribution is -2.35.